The summed E-state index contributed by atoms with van der Waals surface area (Å²) < 4.78 is 30.3. The molecule has 182 valence electrons. The molecule has 5 nitrogen and oxygen atoms in total. The van der Waals surface area contributed by atoms with Gasteiger partial charge < -0.3 is 19.1 Å². The van der Waals surface area contributed by atoms with Gasteiger partial charge in [-0.1, -0.05) is 30.9 Å². The predicted molar refractivity (Wildman–Crippen MR) is 133 cm³/mol. The molecular weight excluding hydrogens is 445 g/mol. The fourth-order valence-corrected chi connectivity index (χ4v) is 5.63. The van der Waals surface area contributed by atoms with Crippen molar-refractivity contribution in [2.24, 2.45) is 0 Å². The van der Waals surface area contributed by atoms with Crippen LogP contribution in [0.5, 0.6) is 5.75 Å². The predicted octanol–water partition coefficient (Wildman–Crippen LogP) is 6.50. The van der Waals surface area contributed by atoms with Gasteiger partial charge in [-0.05, 0) is 85.7 Å². The Morgan fingerprint density at radius 3 is 2.74 bits per heavy atom. The maximum atomic E-state index is 13.4. The Hall–Kier alpha value is -3.38. The molecule has 1 saturated heterocycles. The second-order valence-electron chi connectivity index (χ2n) is 9.31. The lowest BCUT2D eigenvalue weighted by Crippen LogP contribution is -2.28. The molecule has 6 heteroatoms. The van der Waals surface area contributed by atoms with Gasteiger partial charge >= 0.3 is 6.16 Å². The maximum absolute atomic E-state index is 13.4. The molecule has 0 amide bonds. The average molecular weight is 476 g/mol. The summed E-state index contributed by atoms with van der Waals surface area (Å²) in [5.74, 6) is 0.284. The maximum Gasteiger partial charge on any atom is 0.513 e. The molecule has 1 aliphatic heterocycles. The van der Waals surface area contributed by atoms with Crippen LogP contribution in [0.15, 0.2) is 84.1 Å². The molecular formula is C29H30FNO4. The number of benzene rings is 2. The highest BCUT2D eigenvalue weighted by Gasteiger charge is 2.74. The number of carbonyl (C=O) groups excluding carboxylic acids is 1. The molecule has 1 saturated carbocycles. The lowest BCUT2D eigenvalue weighted by molar-refractivity contribution is 0.104. The van der Waals surface area contributed by atoms with Crippen LogP contribution in [0.2, 0.25) is 0 Å². The van der Waals surface area contributed by atoms with E-state index in [0.29, 0.717) is 5.75 Å². The molecule has 1 unspecified atom stereocenters. The van der Waals surface area contributed by atoms with Gasteiger partial charge in [0, 0.05) is 24.9 Å². The second kappa shape index (κ2) is 9.00. The van der Waals surface area contributed by atoms with Gasteiger partial charge in [0.15, 0.2) is 0 Å². The number of ether oxygens (including phenoxy) is 3. The number of halogens is 1. The minimum atomic E-state index is -0.686. The van der Waals surface area contributed by atoms with E-state index in [1.807, 2.05) is 31.3 Å². The van der Waals surface area contributed by atoms with Crippen molar-refractivity contribution in [1.82, 2.24) is 0 Å². The number of nitrogens with zero attached hydrogens (tertiary/aromatic N) is 1. The van der Waals surface area contributed by atoms with Gasteiger partial charge in [-0.25, -0.2) is 9.18 Å². The number of para-hydroxylation sites is 1. The fourth-order valence-electron chi connectivity index (χ4n) is 5.63. The zero-order valence-corrected chi connectivity index (χ0v) is 20.2. The Kier molecular flexibility index (Phi) is 6.01. The van der Waals surface area contributed by atoms with Gasteiger partial charge in [0.2, 0.25) is 0 Å². The van der Waals surface area contributed by atoms with Gasteiger partial charge in [0.05, 0.1) is 6.61 Å². The third kappa shape index (κ3) is 4.06. The molecule has 2 aliphatic carbocycles. The van der Waals surface area contributed by atoms with E-state index in [-0.39, 0.29) is 23.6 Å². The number of allylic oxidation sites excluding steroid dienone is 2. The molecule has 2 aromatic carbocycles. The summed E-state index contributed by atoms with van der Waals surface area (Å²) in [6.07, 6.45) is 7.73. The zero-order chi connectivity index (χ0) is 24.6. The van der Waals surface area contributed by atoms with Crippen LogP contribution >= 0.6 is 0 Å². The smallest absolute Gasteiger partial charge is 0.434 e. The van der Waals surface area contributed by atoms with Crippen molar-refractivity contribution in [2.45, 2.75) is 50.2 Å². The third-order valence-corrected chi connectivity index (χ3v) is 7.51. The summed E-state index contributed by atoms with van der Waals surface area (Å²) in [7, 11) is 2.00. The largest absolute Gasteiger partial charge is 0.513 e. The number of likely N-dealkylation sites (N-methyl/N-ethyl adjacent to an activating group) is 1. The van der Waals surface area contributed by atoms with E-state index in [1.54, 1.807) is 25.1 Å². The number of epoxide rings is 1. The van der Waals surface area contributed by atoms with E-state index < -0.39 is 6.16 Å². The summed E-state index contributed by atoms with van der Waals surface area (Å²) in [6.45, 7) is 6.09. The first-order valence-corrected chi connectivity index (χ1v) is 12.1. The number of aryl methyl sites for hydroxylation is 1. The number of hydrogen-bond acceptors (Lipinski definition) is 5. The minimum Gasteiger partial charge on any atom is -0.434 e. The van der Waals surface area contributed by atoms with Gasteiger partial charge in [-0.3, -0.25) is 0 Å². The van der Waals surface area contributed by atoms with Gasteiger partial charge in [-0.2, -0.15) is 0 Å². The van der Waals surface area contributed by atoms with Crippen LogP contribution in [0.3, 0.4) is 0 Å². The topological polar surface area (TPSA) is 51.3 Å². The molecule has 35 heavy (non-hydrogen) atoms. The Labute approximate surface area is 205 Å². The Morgan fingerprint density at radius 1 is 1.23 bits per heavy atom. The lowest BCUT2D eigenvalue weighted by atomic mass is 9.80. The first-order valence-electron chi connectivity index (χ1n) is 12.1. The van der Waals surface area contributed by atoms with Gasteiger partial charge in [-0.15, -0.1) is 0 Å². The lowest BCUT2D eigenvalue weighted by Gasteiger charge is -2.29. The Balaban J connectivity index is 1.33. The molecule has 0 bridgehead atoms. The van der Waals surface area contributed by atoms with Crippen LogP contribution in [-0.2, 0) is 15.9 Å². The van der Waals surface area contributed by atoms with Crippen LogP contribution in [0.4, 0.5) is 14.9 Å². The van der Waals surface area contributed by atoms with Crippen molar-refractivity contribution in [2.75, 3.05) is 18.6 Å². The molecule has 0 N–H and O–H groups in total. The first kappa shape index (κ1) is 23.4. The summed E-state index contributed by atoms with van der Waals surface area (Å²) in [5.41, 5.74) is 4.88. The van der Waals surface area contributed by atoms with E-state index >= 15 is 0 Å². The van der Waals surface area contributed by atoms with Gasteiger partial charge in [0.1, 0.15) is 22.8 Å². The molecule has 1 heterocycles. The van der Waals surface area contributed by atoms with Crippen molar-refractivity contribution in [3.63, 3.8) is 0 Å². The van der Waals surface area contributed by atoms with Crippen LogP contribution < -0.4 is 9.64 Å². The highest BCUT2D eigenvalue weighted by atomic mass is 19.1. The van der Waals surface area contributed by atoms with Crippen molar-refractivity contribution in [3.05, 3.63) is 95.5 Å². The standard InChI is InChI=1S/C29H30FNO4/c1-4-20-19-29-22(18-25(20)31(3)24-12-10-23(30)11-13-24)15-17-28(29,35-29)16-14-21-8-6-7-9-26(21)34-27(32)33-5-2/h4,6-13,18H,1,5,14-17,19H2,2-3H3/t28-,29?/m0/s1. The third-order valence-electron chi connectivity index (χ3n) is 7.51. The number of anilines is 1. The van der Waals surface area contributed by atoms with Crippen LogP contribution in [0.1, 0.15) is 38.2 Å². The second-order valence-corrected chi connectivity index (χ2v) is 9.31. The zero-order valence-electron chi connectivity index (χ0n) is 20.2. The monoisotopic (exact) mass is 475 g/mol. The molecule has 0 radical (unpaired) electrons. The average Bonchev–Trinajstić information content (AvgIpc) is 3.38. The Bertz CT molecular complexity index is 1220. The molecule has 5 rings (SSSR count). The fraction of sp³-hybridized carbons (Fsp3) is 0.345. The van der Waals surface area contributed by atoms with Crippen molar-refractivity contribution >= 4 is 11.8 Å². The number of hydrogen-bond donors (Lipinski definition) is 0. The molecule has 3 aliphatic rings. The Morgan fingerprint density at radius 2 is 2.00 bits per heavy atom. The van der Waals surface area contributed by atoms with Crippen LogP contribution in [-0.4, -0.2) is 31.0 Å². The highest BCUT2D eigenvalue weighted by Crippen LogP contribution is 2.68. The molecule has 1 spiro atoms. The summed E-state index contributed by atoms with van der Waals surface area (Å²) >= 11 is 0. The SMILES string of the molecule is C=CC1=C(N(C)c2ccc(F)cc2)C=C2CC[C@]3(CCc4ccccc4OC(=O)OCC)OC23C1. The summed E-state index contributed by atoms with van der Waals surface area (Å²) in [4.78, 5) is 13.9. The number of carbonyl (C=O) groups is 1. The van der Waals surface area contributed by atoms with Crippen LogP contribution in [0.25, 0.3) is 0 Å². The van der Waals surface area contributed by atoms with Crippen molar-refractivity contribution in [3.8, 4) is 5.75 Å². The summed E-state index contributed by atoms with van der Waals surface area (Å²) in [5, 5.41) is 0. The molecule has 2 aromatic rings. The van der Waals surface area contributed by atoms with Crippen molar-refractivity contribution < 1.29 is 23.4 Å². The van der Waals surface area contributed by atoms with E-state index in [1.165, 1.54) is 17.7 Å². The number of rotatable bonds is 8. The normalized spacial score (nSPS) is 24.3. The van der Waals surface area contributed by atoms with Crippen LogP contribution in [0, 0.1) is 5.82 Å². The van der Waals surface area contributed by atoms with Gasteiger partial charge in [0.25, 0.3) is 0 Å². The quantitative estimate of drug-likeness (QED) is 0.248. The molecule has 2 atom stereocenters. The molecule has 0 aromatic heterocycles. The van der Waals surface area contributed by atoms with E-state index in [4.69, 9.17) is 14.2 Å². The molecule has 2 fully saturated rings. The van der Waals surface area contributed by atoms with E-state index in [2.05, 4.69) is 17.6 Å². The highest BCUT2D eigenvalue weighted by molar-refractivity contribution is 5.65. The van der Waals surface area contributed by atoms with E-state index in [9.17, 15) is 9.18 Å². The minimum absolute atomic E-state index is 0.218. The summed E-state index contributed by atoms with van der Waals surface area (Å²) in [6, 6.07) is 14.1. The van der Waals surface area contributed by atoms with Crippen molar-refractivity contribution in [1.29, 1.82) is 0 Å². The van der Waals surface area contributed by atoms with E-state index in [0.717, 1.165) is 54.6 Å². The first-order chi connectivity index (χ1) is 16.9.